The molecule has 0 unspecified atom stereocenters. The molecule has 0 spiro atoms. The summed E-state index contributed by atoms with van der Waals surface area (Å²) in [7, 11) is 0. The van der Waals surface area contributed by atoms with Gasteiger partial charge in [-0.15, -0.1) is 0 Å². The molecule has 0 N–H and O–H groups in total. The van der Waals surface area contributed by atoms with Gasteiger partial charge in [0.05, 0.1) is 0 Å². The van der Waals surface area contributed by atoms with Crippen LogP contribution in [0.1, 0.15) is 42.3 Å². The van der Waals surface area contributed by atoms with Crippen LogP contribution in [0, 0.1) is 0 Å². The molecule has 4 nitrogen and oxygen atoms in total. The van der Waals surface area contributed by atoms with Crippen LogP contribution < -0.4 is 0 Å². The Kier molecular flexibility index (Phi) is 4.14. The van der Waals surface area contributed by atoms with Crippen LogP contribution in [0.5, 0.6) is 0 Å². The van der Waals surface area contributed by atoms with Crippen LogP contribution >= 0.6 is 0 Å². The van der Waals surface area contributed by atoms with Gasteiger partial charge in [-0.05, 0) is 49.1 Å². The molecule has 124 valence electrons. The Morgan fingerprint density at radius 1 is 1.00 bits per heavy atom. The summed E-state index contributed by atoms with van der Waals surface area (Å²) in [6, 6.07) is 13.7. The van der Waals surface area contributed by atoms with E-state index >= 15 is 0 Å². The number of fused-ring (bicyclic) bond motifs is 1. The first-order valence-electron chi connectivity index (χ1n) is 8.01. The zero-order chi connectivity index (χ0) is 17.3. The smallest absolute Gasteiger partial charge is 0.410 e. The summed E-state index contributed by atoms with van der Waals surface area (Å²) in [5, 5.41) is 0. The van der Waals surface area contributed by atoms with E-state index in [9.17, 15) is 9.59 Å². The summed E-state index contributed by atoms with van der Waals surface area (Å²) in [6.07, 6.45) is 0.557. The first kappa shape index (κ1) is 16.2. The lowest BCUT2D eigenvalue weighted by molar-refractivity contribution is 0.0242. The monoisotopic (exact) mass is 323 g/mol. The van der Waals surface area contributed by atoms with Gasteiger partial charge in [-0.2, -0.15) is 0 Å². The summed E-state index contributed by atoms with van der Waals surface area (Å²) in [5.74, 6) is 0. The zero-order valence-corrected chi connectivity index (χ0v) is 14.2. The predicted octanol–water partition coefficient (Wildman–Crippen LogP) is 4.42. The minimum absolute atomic E-state index is 0.282. The average Bonchev–Trinajstić information content (AvgIpc) is 2.96. The molecule has 24 heavy (non-hydrogen) atoms. The molecule has 0 fully saturated rings. The molecule has 2 aromatic rings. The van der Waals surface area contributed by atoms with E-state index < -0.39 is 5.60 Å². The zero-order valence-electron chi connectivity index (χ0n) is 14.2. The number of nitrogens with zero attached hydrogens (tertiary/aromatic N) is 1. The lowest BCUT2D eigenvalue weighted by atomic mass is 10.00. The molecule has 0 atom stereocenters. The number of benzene rings is 2. The maximum atomic E-state index is 12.2. The number of aldehydes is 1. The molecule has 4 heteroatoms. The molecule has 3 rings (SSSR count). The van der Waals surface area contributed by atoms with Crippen LogP contribution in [0.3, 0.4) is 0 Å². The van der Waals surface area contributed by atoms with E-state index in [0.29, 0.717) is 18.7 Å². The van der Waals surface area contributed by atoms with Gasteiger partial charge in [0, 0.05) is 18.7 Å². The van der Waals surface area contributed by atoms with Crippen molar-refractivity contribution in [3.05, 3.63) is 59.2 Å². The lowest BCUT2D eigenvalue weighted by Crippen LogP contribution is -2.33. The Labute approximate surface area is 142 Å². The van der Waals surface area contributed by atoms with Gasteiger partial charge in [0.25, 0.3) is 0 Å². The van der Waals surface area contributed by atoms with E-state index in [0.717, 1.165) is 28.5 Å². The number of carbonyl (C=O) groups excluding carboxylic acids is 2. The topological polar surface area (TPSA) is 46.6 Å². The van der Waals surface area contributed by atoms with Crippen molar-refractivity contribution >= 4 is 12.4 Å². The average molecular weight is 323 g/mol. The molecule has 1 heterocycles. The molecular formula is C20H21NO3. The fourth-order valence-electron chi connectivity index (χ4n) is 2.78. The van der Waals surface area contributed by atoms with Crippen LogP contribution in [0.2, 0.25) is 0 Å². The van der Waals surface area contributed by atoms with E-state index in [4.69, 9.17) is 4.74 Å². The fourth-order valence-corrected chi connectivity index (χ4v) is 2.78. The van der Waals surface area contributed by atoms with Crippen molar-refractivity contribution < 1.29 is 14.3 Å². The molecular weight excluding hydrogens is 302 g/mol. The molecule has 1 amide bonds. The number of carbonyl (C=O) groups is 2. The van der Waals surface area contributed by atoms with Crippen molar-refractivity contribution in [2.75, 3.05) is 0 Å². The summed E-state index contributed by atoms with van der Waals surface area (Å²) < 4.78 is 5.45. The molecule has 1 aliphatic rings. The van der Waals surface area contributed by atoms with Gasteiger partial charge in [-0.1, -0.05) is 36.4 Å². The van der Waals surface area contributed by atoms with Crippen molar-refractivity contribution in [2.24, 2.45) is 0 Å². The van der Waals surface area contributed by atoms with Crippen molar-refractivity contribution in [2.45, 2.75) is 39.5 Å². The highest BCUT2D eigenvalue weighted by Crippen LogP contribution is 2.29. The quantitative estimate of drug-likeness (QED) is 0.769. The highest BCUT2D eigenvalue weighted by Gasteiger charge is 2.27. The summed E-state index contributed by atoms with van der Waals surface area (Å²) in [4.78, 5) is 24.7. The van der Waals surface area contributed by atoms with Gasteiger partial charge in [-0.25, -0.2) is 4.79 Å². The first-order valence-corrected chi connectivity index (χ1v) is 8.01. The maximum absolute atomic E-state index is 12.2. The largest absolute Gasteiger partial charge is 0.444 e. The minimum Gasteiger partial charge on any atom is -0.444 e. The Morgan fingerprint density at radius 3 is 2.25 bits per heavy atom. The third kappa shape index (κ3) is 3.48. The Bertz CT molecular complexity index is 772. The van der Waals surface area contributed by atoms with Crippen molar-refractivity contribution in [1.82, 2.24) is 4.90 Å². The van der Waals surface area contributed by atoms with Crippen LogP contribution in [0.15, 0.2) is 42.5 Å². The highest BCUT2D eigenvalue weighted by atomic mass is 16.6. The minimum atomic E-state index is -0.489. The SMILES string of the molecule is CC(C)(C)OC(=O)N1Cc2ccc(-c3ccc(C=O)cc3)cc2C1. The maximum Gasteiger partial charge on any atom is 0.410 e. The van der Waals surface area contributed by atoms with Crippen LogP contribution in [-0.4, -0.2) is 22.9 Å². The summed E-state index contributed by atoms with van der Waals surface area (Å²) >= 11 is 0. The Hall–Kier alpha value is -2.62. The molecule has 2 aromatic carbocycles. The number of hydrogen-bond acceptors (Lipinski definition) is 3. The normalized spacial score (nSPS) is 13.5. The second kappa shape index (κ2) is 6.11. The van der Waals surface area contributed by atoms with Crippen LogP contribution in [0.4, 0.5) is 4.79 Å². The molecule has 1 aliphatic heterocycles. The summed E-state index contributed by atoms with van der Waals surface area (Å²) in [6.45, 7) is 6.75. The third-order valence-corrected chi connectivity index (χ3v) is 3.96. The number of ether oxygens (including phenoxy) is 1. The van der Waals surface area contributed by atoms with E-state index in [1.165, 1.54) is 0 Å². The molecule has 0 aliphatic carbocycles. The van der Waals surface area contributed by atoms with Crippen LogP contribution in [0.25, 0.3) is 11.1 Å². The van der Waals surface area contributed by atoms with Gasteiger partial charge in [-0.3, -0.25) is 9.69 Å². The standard InChI is InChI=1S/C20H21NO3/c1-20(2,3)24-19(23)21-11-17-9-8-16(10-18(17)12-21)15-6-4-14(13-22)5-7-15/h4-10,13H,11-12H2,1-3H3. The number of amides is 1. The molecule has 0 aromatic heterocycles. The van der Waals surface area contributed by atoms with Crippen LogP contribution in [-0.2, 0) is 17.8 Å². The molecule has 0 radical (unpaired) electrons. The van der Waals surface area contributed by atoms with Gasteiger partial charge in [0.1, 0.15) is 11.9 Å². The fraction of sp³-hybridized carbons (Fsp3) is 0.300. The Balaban J connectivity index is 1.78. The van der Waals surface area contributed by atoms with Gasteiger partial charge >= 0.3 is 6.09 Å². The Morgan fingerprint density at radius 2 is 1.62 bits per heavy atom. The van der Waals surface area contributed by atoms with Gasteiger partial charge in [0.15, 0.2) is 0 Å². The van der Waals surface area contributed by atoms with E-state index in [-0.39, 0.29) is 6.09 Å². The third-order valence-electron chi connectivity index (χ3n) is 3.96. The summed E-state index contributed by atoms with van der Waals surface area (Å²) in [5.41, 5.74) is 4.59. The van der Waals surface area contributed by atoms with E-state index in [1.54, 1.807) is 4.90 Å². The van der Waals surface area contributed by atoms with Crippen molar-refractivity contribution in [3.8, 4) is 11.1 Å². The first-order chi connectivity index (χ1) is 11.4. The second-order valence-electron chi connectivity index (χ2n) is 7.06. The highest BCUT2D eigenvalue weighted by molar-refractivity contribution is 5.77. The van der Waals surface area contributed by atoms with Crippen molar-refractivity contribution in [1.29, 1.82) is 0 Å². The second-order valence-corrected chi connectivity index (χ2v) is 7.06. The van der Waals surface area contributed by atoms with Crippen molar-refractivity contribution in [3.63, 3.8) is 0 Å². The van der Waals surface area contributed by atoms with Gasteiger partial charge in [0.2, 0.25) is 0 Å². The molecule has 0 saturated heterocycles. The molecule has 0 bridgehead atoms. The molecule has 0 saturated carbocycles. The predicted molar refractivity (Wildman–Crippen MR) is 92.7 cm³/mol. The van der Waals surface area contributed by atoms with E-state index in [1.807, 2.05) is 51.1 Å². The lowest BCUT2D eigenvalue weighted by Gasteiger charge is -2.24. The van der Waals surface area contributed by atoms with Gasteiger partial charge < -0.3 is 4.74 Å². The van der Waals surface area contributed by atoms with E-state index in [2.05, 4.69) is 12.1 Å². The number of hydrogen-bond donors (Lipinski definition) is 0. The number of rotatable bonds is 2.